The monoisotopic (exact) mass is 403 g/mol. The lowest BCUT2D eigenvalue weighted by molar-refractivity contribution is -0.135. The molecule has 0 spiro atoms. The van der Waals surface area contributed by atoms with E-state index in [1.54, 1.807) is 0 Å². The number of piperidine rings is 1. The first-order valence-electron chi connectivity index (χ1n) is 10.8. The number of benzene rings is 1. The molecular weight excluding hydrogens is 362 g/mol. The van der Waals surface area contributed by atoms with Crippen LogP contribution in [0.25, 0.3) is 0 Å². The number of aryl methyl sites for hydroxylation is 1. The second kappa shape index (κ2) is 12.1. The molecular formula is C24H41N3O2. The zero-order valence-electron chi connectivity index (χ0n) is 18.5. The van der Waals surface area contributed by atoms with Gasteiger partial charge < -0.3 is 21.8 Å². The van der Waals surface area contributed by atoms with Crippen LogP contribution in [0.3, 0.4) is 0 Å². The van der Waals surface area contributed by atoms with E-state index in [2.05, 4.69) is 61.3 Å². The first-order chi connectivity index (χ1) is 13.0. The normalized spacial score (nSPS) is 18.5. The molecule has 3 rings (SSSR count). The molecule has 5 heteroatoms. The number of nitrogens with one attached hydrogen (secondary N) is 1. The van der Waals surface area contributed by atoms with Crippen molar-refractivity contribution in [3.63, 3.8) is 0 Å². The van der Waals surface area contributed by atoms with Gasteiger partial charge in [-0.05, 0) is 62.8 Å². The largest absolute Gasteiger partial charge is 0.412 e. The maximum absolute atomic E-state index is 13.1. The van der Waals surface area contributed by atoms with Crippen LogP contribution in [0, 0.1) is 12.8 Å². The maximum atomic E-state index is 13.1. The van der Waals surface area contributed by atoms with E-state index >= 15 is 0 Å². The highest BCUT2D eigenvalue weighted by molar-refractivity contribution is 5.82. The molecule has 6 N–H and O–H groups in total. The minimum Gasteiger partial charge on any atom is -0.412 e. The number of carbonyl (C=O) groups is 1. The van der Waals surface area contributed by atoms with Crippen LogP contribution < -0.4 is 11.5 Å². The second-order valence-corrected chi connectivity index (χ2v) is 8.72. The highest BCUT2D eigenvalue weighted by atomic mass is 16.2. The number of nitrogens with zero attached hydrogens (tertiary/aromatic N) is 1. The van der Waals surface area contributed by atoms with Crippen LogP contribution in [0.4, 0.5) is 0 Å². The Labute approximate surface area is 176 Å². The lowest BCUT2D eigenvalue weighted by Gasteiger charge is -2.36. The summed E-state index contributed by atoms with van der Waals surface area (Å²) in [6, 6.07) is 8.85. The number of hydrogen-bond acceptors (Lipinski definition) is 3. The quantitative estimate of drug-likeness (QED) is 0.698. The molecule has 1 aromatic rings. The van der Waals surface area contributed by atoms with E-state index in [9.17, 15) is 4.79 Å². The Morgan fingerprint density at radius 2 is 1.79 bits per heavy atom. The zero-order chi connectivity index (χ0) is 19.2. The molecule has 0 saturated carbocycles. The van der Waals surface area contributed by atoms with E-state index in [1.807, 2.05) is 0 Å². The van der Waals surface area contributed by atoms with Gasteiger partial charge in [-0.25, -0.2) is 0 Å². The number of rotatable bonds is 6. The molecule has 1 amide bonds. The Bertz CT molecular complexity index is 647. The van der Waals surface area contributed by atoms with Crippen LogP contribution >= 0.6 is 0 Å². The fourth-order valence-corrected chi connectivity index (χ4v) is 4.38. The van der Waals surface area contributed by atoms with E-state index in [4.69, 9.17) is 0 Å². The summed E-state index contributed by atoms with van der Waals surface area (Å²) in [4.78, 5) is 15.2. The molecule has 1 saturated heterocycles. The summed E-state index contributed by atoms with van der Waals surface area (Å²) >= 11 is 0. The van der Waals surface area contributed by atoms with Crippen molar-refractivity contribution >= 4 is 5.91 Å². The van der Waals surface area contributed by atoms with Gasteiger partial charge in [0.1, 0.15) is 0 Å². The Morgan fingerprint density at radius 3 is 2.34 bits per heavy atom. The number of amides is 1. The molecule has 0 bridgehead atoms. The minimum absolute atomic E-state index is 0. The van der Waals surface area contributed by atoms with E-state index < -0.39 is 0 Å². The summed E-state index contributed by atoms with van der Waals surface area (Å²) in [7, 11) is 0. The van der Waals surface area contributed by atoms with Crippen molar-refractivity contribution in [2.24, 2.45) is 5.92 Å². The first-order valence-corrected chi connectivity index (χ1v) is 10.8. The van der Waals surface area contributed by atoms with Crippen molar-refractivity contribution in [3.8, 4) is 0 Å². The van der Waals surface area contributed by atoms with Gasteiger partial charge in [0, 0.05) is 19.6 Å². The van der Waals surface area contributed by atoms with Crippen LogP contribution in [-0.2, 0) is 4.79 Å². The van der Waals surface area contributed by atoms with Gasteiger partial charge in [0.2, 0.25) is 5.91 Å². The molecule has 29 heavy (non-hydrogen) atoms. The van der Waals surface area contributed by atoms with Gasteiger partial charge >= 0.3 is 0 Å². The van der Waals surface area contributed by atoms with Gasteiger partial charge in [0.15, 0.2) is 0 Å². The van der Waals surface area contributed by atoms with Gasteiger partial charge in [-0.15, -0.1) is 0 Å². The van der Waals surface area contributed by atoms with E-state index in [1.165, 1.54) is 42.4 Å². The molecule has 1 atom stereocenters. The second-order valence-electron chi connectivity index (χ2n) is 8.72. The summed E-state index contributed by atoms with van der Waals surface area (Å²) < 4.78 is 0. The Morgan fingerprint density at radius 1 is 1.14 bits per heavy atom. The van der Waals surface area contributed by atoms with Gasteiger partial charge in [-0.1, -0.05) is 55.3 Å². The summed E-state index contributed by atoms with van der Waals surface area (Å²) in [6.45, 7) is 9.07. The van der Waals surface area contributed by atoms with Crippen molar-refractivity contribution in [3.05, 3.63) is 47.0 Å². The Hall–Kier alpha value is -1.69. The van der Waals surface area contributed by atoms with E-state index in [-0.39, 0.29) is 17.7 Å². The SMILES string of the molecule is Cc1ccc(C2CCN(C(=O)[C@H](NCC3=CCCCC3)C(C)C)CC2)cc1.N.O. The van der Waals surface area contributed by atoms with Crippen molar-refractivity contribution in [2.75, 3.05) is 19.6 Å². The molecule has 1 aromatic carbocycles. The summed E-state index contributed by atoms with van der Waals surface area (Å²) in [6.07, 6.45) is 9.51. The Kier molecular flexibility index (Phi) is 10.6. The van der Waals surface area contributed by atoms with Crippen LogP contribution in [-0.4, -0.2) is 42.0 Å². The van der Waals surface area contributed by atoms with Crippen LogP contribution in [0.5, 0.6) is 0 Å². The number of hydrogen-bond donors (Lipinski definition) is 2. The molecule has 1 heterocycles. The number of allylic oxidation sites excluding steroid dienone is 1. The predicted octanol–water partition coefficient (Wildman–Crippen LogP) is 4.15. The summed E-state index contributed by atoms with van der Waals surface area (Å²) in [5.74, 6) is 1.20. The lowest BCUT2D eigenvalue weighted by atomic mass is 9.88. The zero-order valence-corrected chi connectivity index (χ0v) is 18.5. The molecule has 1 aliphatic carbocycles. The average molecular weight is 404 g/mol. The van der Waals surface area contributed by atoms with Crippen LogP contribution in [0.1, 0.15) is 69.4 Å². The Balaban J connectivity index is 0.00000210. The topological polar surface area (TPSA) is 98.8 Å². The third kappa shape index (κ3) is 6.95. The molecule has 0 aromatic heterocycles. The smallest absolute Gasteiger partial charge is 0.239 e. The molecule has 2 aliphatic rings. The fourth-order valence-electron chi connectivity index (χ4n) is 4.38. The molecule has 0 unspecified atom stereocenters. The van der Waals surface area contributed by atoms with E-state index in [0.29, 0.717) is 17.7 Å². The minimum atomic E-state index is -0.0660. The number of likely N-dealkylation sites (tertiary alicyclic amines) is 1. The van der Waals surface area contributed by atoms with Crippen molar-refractivity contribution in [2.45, 2.75) is 71.3 Å². The highest BCUT2D eigenvalue weighted by Gasteiger charge is 2.30. The van der Waals surface area contributed by atoms with Gasteiger partial charge in [0.05, 0.1) is 6.04 Å². The van der Waals surface area contributed by atoms with Gasteiger partial charge in [0.25, 0.3) is 0 Å². The third-order valence-electron chi connectivity index (χ3n) is 6.22. The van der Waals surface area contributed by atoms with Crippen molar-refractivity contribution in [1.29, 1.82) is 0 Å². The first kappa shape index (κ1) is 25.3. The average Bonchev–Trinajstić information content (AvgIpc) is 2.69. The van der Waals surface area contributed by atoms with Gasteiger partial charge in [-0.2, -0.15) is 0 Å². The van der Waals surface area contributed by atoms with Crippen molar-refractivity contribution in [1.82, 2.24) is 16.4 Å². The highest BCUT2D eigenvalue weighted by Crippen LogP contribution is 2.29. The molecule has 5 nitrogen and oxygen atoms in total. The van der Waals surface area contributed by atoms with Gasteiger partial charge in [-0.3, -0.25) is 4.79 Å². The predicted molar refractivity (Wildman–Crippen MR) is 122 cm³/mol. The summed E-state index contributed by atoms with van der Waals surface area (Å²) in [5.41, 5.74) is 4.22. The number of carbonyl (C=O) groups excluding carboxylic acids is 1. The van der Waals surface area contributed by atoms with E-state index in [0.717, 1.165) is 32.5 Å². The summed E-state index contributed by atoms with van der Waals surface area (Å²) in [5, 5.41) is 3.58. The van der Waals surface area contributed by atoms with Crippen LogP contribution in [0.2, 0.25) is 0 Å². The van der Waals surface area contributed by atoms with Crippen LogP contribution in [0.15, 0.2) is 35.9 Å². The molecule has 1 aliphatic heterocycles. The third-order valence-corrected chi connectivity index (χ3v) is 6.22. The maximum Gasteiger partial charge on any atom is 0.239 e. The lowest BCUT2D eigenvalue weighted by Crippen LogP contribution is -2.51. The molecule has 164 valence electrons. The van der Waals surface area contributed by atoms with Crippen molar-refractivity contribution < 1.29 is 10.3 Å². The fraction of sp³-hybridized carbons (Fsp3) is 0.625. The molecule has 0 radical (unpaired) electrons. The molecule has 1 fully saturated rings. The standard InChI is InChI=1S/C24H36N2O.H3N.H2O/c1-18(2)23(25-17-20-7-5-4-6-8-20)24(27)26-15-13-22(14-16-26)21-11-9-19(3)10-12-21;;/h7,9-12,18,22-23,25H,4-6,8,13-17H2,1-3H3;1H3;1H2/t23-;;/m1../s1.